The summed E-state index contributed by atoms with van der Waals surface area (Å²) in [6, 6.07) is 1.98. The van der Waals surface area contributed by atoms with Crippen molar-refractivity contribution in [3.8, 4) is 0 Å². The number of carbonyl (C=O) groups excluding carboxylic acids is 1. The molecule has 0 N–H and O–H groups in total. The predicted octanol–water partition coefficient (Wildman–Crippen LogP) is 1.29. The van der Waals surface area contributed by atoms with E-state index in [-0.39, 0.29) is 12.0 Å². The van der Waals surface area contributed by atoms with Gasteiger partial charge in [-0.25, -0.2) is 4.98 Å². The van der Waals surface area contributed by atoms with Crippen LogP contribution in [0.2, 0.25) is 0 Å². The van der Waals surface area contributed by atoms with Crippen molar-refractivity contribution in [1.29, 1.82) is 0 Å². The average molecular weight is 345 g/mol. The van der Waals surface area contributed by atoms with Gasteiger partial charge >= 0.3 is 0 Å². The van der Waals surface area contributed by atoms with Crippen LogP contribution >= 0.6 is 0 Å². The van der Waals surface area contributed by atoms with Crippen molar-refractivity contribution >= 4 is 17.7 Å². The van der Waals surface area contributed by atoms with E-state index < -0.39 is 0 Å². The molecule has 4 heterocycles. The topological polar surface area (TPSA) is 61.8 Å². The highest BCUT2D eigenvalue weighted by Gasteiger charge is 2.30. The van der Waals surface area contributed by atoms with Gasteiger partial charge in [-0.05, 0) is 38.2 Å². The average Bonchev–Trinajstić information content (AvgIpc) is 3.23. The number of rotatable bonds is 3. The van der Waals surface area contributed by atoms with Gasteiger partial charge in [-0.3, -0.25) is 4.79 Å². The molecule has 3 fully saturated rings. The third kappa shape index (κ3) is 3.71. The second-order valence-electron chi connectivity index (χ2n) is 7.08. The van der Waals surface area contributed by atoms with Crippen LogP contribution in [-0.4, -0.2) is 72.8 Å². The molecule has 0 aromatic carbocycles. The van der Waals surface area contributed by atoms with E-state index in [2.05, 4.69) is 14.8 Å². The normalized spacial score (nSPS) is 24.6. The first kappa shape index (κ1) is 16.6. The Balaban J connectivity index is 1.36. The lowest BCUT2D eigenvalue weighted by Crippen LogP contribution is -2.51. The second kappa shape index (κ2) is 7.56. The summed E-state index contributed by atoms with van der Waals surface area (Å²) in [5, 5.41) is 0. The highest BCUT2D eigenvalue weighted by atomic mass is 16.5. The molecule has 0 unspecified atom stereocenters. The molecule has 25 heavy (non-hydrogen) atoms. The van der Waals surface area contributed by atoms with E-state index in [0.29, 0.717) is 0 Å². The van der Waals surface area contributed by atoms with Crippen LogP contribution in [-0.2, 0) is 9.53 Å². The maximum atomic E-state index is 12.5. The van der Waals surface area contributed by atoms with Crippen molar-refractivity contribution in [3.63, 3.8) is 0 Å². The highest BCUT2D eigenvalue weighted by molar-refractivity contribution is 5.81. The molecule has 1 aromatic rings. The molecule has 0 saturated carbocycles. The summed E-state index contributed by atoms with van der Waals surface area (Å²) in [4.78, 5) is 28.2. The van der Waals surface area contributed by atoms with E-state index >= 15 is 0 Å². The molecular formula is C18H27N5O2. The maximum Gasteiger partial charge on any atom is 0.251 e. The first-order chi connectivity index (χ1) is 12.3. The number of carbonyl (C=O) groups is 1. The molecule has 0 radical (unpaired) electrons. The van der Waals surface area contributed by atoms with Crippen LogP contribution in [0.3, 0.4) is 0 Å². The van der Waals surface area contributed by atoms with E-state index in [1.54, 1.807) is 0 Å². The van der Waals surface area contributed by atoms with Crippen molar-refractivity contribution in [2.24, 2.45) is 0 Å². The van der Waals surface area contributed by atoms with Gasteiger partial charge in [0.2, 0.25) is 5.95 Å². The van der Waals surface area contributed by atoms with Gasteiger partial charge < -0.3 is 19.4 Å². The zero-order valence-electron chi connectivity index (χ0n) is 14.8. The summed E-state index contributed by atoms with van der Waals surface area (Å²) in [5.41, 5.74) is 0. The summed E-state index contributed by atoms with van der Waals surface area (Å²) in [7, 11) is 0. The van der Waals surface area contributed by atoms with Gasteiger partial charge in [-0.2, -0.15) is 4.98 Å². The van der Waals surface area contributed by atoms with Crippen LogP contribution < -0.4 is 9.80 Å². The largest absolute Gasteiger partial charge is 0.368 e. The number of ether oxygens (including phenoxy) is 1. The fraction of sp³-hybridized carbons (Fsp3) is 0.722. The lowest BCUT2D eigenvalue weighted by Gasteiger charge is -2.36. The van der Waals surface area contributed by atoms with Gasteiger partial charge in [0.15, 0.2) is 0 Å². The smallest absolute Gasteiger partial charge is 0.251 e. The standard InChI is InChI=1S/C18H27N5O2/c24-17(15-5-4-14-25-15)22-12-10-21(11-13-22)16-6-7-19-18(20-16)23-8-2-1-3-9-23/h6-7,15H,1-5,8-14H2/t15-/m1/s1. The molecule has 7 heteroatoms. The molecule has 7 nitrogen and oxygen atoms in total. The van der Waals surface area contributed by atoms with Crippen LogP contribution in [0.25, 0.3) is 0 Å². The summed E-state index contributed by atoms with van der Waals surface area (Å²) < 4.78 is 5.53. The molecule has 3 aliphatic heterocycles. The molecule has 136 valence electrons. The van der Waals surface area contributed by atoms with Crippen LogP contribution in [0.5, 0.6) is 0 Å². The minimum absolute atomic E-state index is 0.161. The van der Waals surface area contributed by atoms with Crippen LogP contribution in [0.4, 0.5) is 11.8 Å². The number of piperidine rings is 1. The van der Waals surface area contributed by atoms with Crippen LogP contribution in [0.15, 0.2) is 12.3 Å². The van der Waals surface area contributed by atoms with Gasteiger partial charge in [-0.15, -0.1) is 0 Å². The minimum atomic E-state index is -0.212. The number of aromatic nitrogens is 2. The van der Waals surface area contributed by atoms with E-state index in [4.69, 9.17) is 9.72 Å². The third-order valence-corrected chi connectivity index (χ3v) is 5.39. The van der Waals surface area contributed by atoms with Crippen molar-refractivity contribution in [3.05, 3.63) is 12.3 Å². The number of nitrogens with zero attached hydrogens (tertiary/aromatic N) is 5. The Labute approximate surface area is 149 Å². The number of piperazine rings is 1. The Bertz CT molecular complexity index is 591. The molecule has 3 saturated heterocycles. The molecule has 1 atom stereocenters. The van der Waals surface area contributed by atoms with Crippen molar-refractivity contribution < 1.29 is 9.53 Å². The number of hydrogen-bond acceptors (Lipinski definition) is 6. The van der Waals surface area contributed by atoms with E-state index in [1.165, 1.54) is 19.3 Å². The van der Waals surface area contributed by atoms with Gasteiger partial charge in [-0.1, -0.05) is 0 Å². The lowest BCUT2D eigenvalue weighted by molar-refractivity contribution is -0.141. The van der Waals surface area contributed by atoms with Gasteiger partial charge in [0.25, 0.3) is 5.91 Å². The molecule has 1 aromatic heterocycles. The van der Waals surface area contributed by atoms with E-state index in [0.717, 1.165) is 70.5 Å². The first-order valence-corrected chi connectivity index (χ1v) is 9.54. The summed E-state index contributed by atoms with van der Waals surface area (Å²) in [6.45, 7) is 5.92. The highest BCUT2D eigenvalue weighted by Crippen LogP contribution is 2.21. The van der Waals surface area contributed by atoms with Crippen molar-refractivity contribution in [2.45, 2.75) is 38.2 Å². The van der Waals surface area contributed by atoms with Gasteiger partial charge in [0.1, 0.15) is 11.9 Å². The number of anilines is 2. The molecule has 0 spiro atoms. The molecule has 0 bridgehead atoms. The third-order valence-electron chi connectivity index (χ3n) is 5.39. The predicted molar refractivity (Wildman–Crippen MR) is 95.9 cm³/mol. The summed E-state index contributed by atoms with van der Waals surface area (Å²) >= 11 is 0. The van der Waals surface area contributed by atoms with Gasteiger partial charge in [0, 0.05) is 52.1 Å². The lowest BCUT2D eigenvalue weighted by atomic mass is 10.1. The Hall–Kier alpha value is -1.89. The Kier molecular flexibility index (Phi) is 5.01. The van der Waals surface area contributed by atoms with E-state index in [9.17, 15) is 4.79 Å². The minimum Gasteiger partial charge on any atom is -0.368 e. The second-order valence-corrected chi connectivity index (χ2v) is 7.08. The van der Waals surface area contributed by atoms with E-state index in [1.807, 2.05) is 17.2 Å². The monoisotopic (exact) mass is 345 g/mol. The zero-order valence-corrected chi connectivity index (χ0v) is 14.8. The maximum absolute atomic E-state index is 12.5. The van der Waals surface area contributed by atoms with Gasteiger partial charge in [0.05, 0.1) is 0 Å². The number of hydrogen-bond donors (Lipinski definition) is 0. The Morgan fingerprint density at radius 2 is 1.80 bits per heavy atom. The number of amides is 1. The molecular weight excluding hydrogens is 318 g/mol. The molecule has 0 aliphatic carbocycles. The SMILES string of the molecule is O=C([C@H]1CCCO1)N1CCN(c2ccnc(N3CCCCC3)n2)CC1. The first-order valence-electron chi connectivity index (χ1n) is 9.54. The zero-order chi connectivity index (χ0) is 17.1. The Morgan fingerprint density at radius 1 is 1.00 bits per heavy atom. The molecule has 4 rings (SSSR count). The fourth-order valence-electron chi connectivity index (χ4n) is 3.89. The Morgan fingerprint density at radius 3 is 2.52 bits per heavy atom. The fourth-order valence-corrected chi connectivity index (χ4v) is 3.89. The van der Waals surface area contributed by atoms with Crippen LogP contribution in [0, 0.1) is 0 Å². The van der Waals surface area contributed by atoms with Crippen molar-refractivity contribution in [2.75, 3.05) is 55.7 Å². The van der Waals surface area contributed by atoms with Crippen LogP contribution in [0.1, 0.15) is 32.1 Å². The van der Waals surface area contributed by atoms with Crippen molar-refractivity contribution in [1.82, 2.24) is 14.9 Å². The molecule has 1 amide bonds. The quantitative estimate of drug-likeness (QED) is 0.823. The summed E-state index contributed by atoms with van der Waals surface area (Å²) in [6.07, 6.45) is 7.25. The summed E-state index contributed by atoms with van der Waals surface area (Å²) in [5.74, 6) is 1.98. The molecule has 3 aliphatic rings.